The van der Waals surface area contributed by atoms with Crippen molar-refractivity contribution in [2.24, 2.45) is 11.3 Å². The second-order valence-electron chi connectivity index (χ2n) is 6.79. The molecule has 22 heavy (non-hydrogen) atoms. The zero-order valence-electron chi connectivity index (χ0n) is 12.3. The summed E-state index contributed by atoms with van der Waals surface area (Å²) in [4.78, 5) is 15.5. The van der Waals surface area contributed by atoms with Crippen molar-refractivity contribution < 1.29 is 14.3 Å². The molecule has 0 saturated heterocycles. The number of benzene rings is 1. The molecular weight excluding hydrogens is 281 g/mol. The van der Waals surface area contributed by atoms with E-state index in [0.29, 0.717) is 5.92 Å². The topological polar surface area (TPSA) is 50.2 Å². The number of fused-ring (bicyclic) bond motifs is 1. The Balaban J connectivity index is 1.60. The number of carboxylic acid groups (broad SMARTS) is 1. The lowest BCUT2D eigenvalue weighted by atomic mass is 9.75. The first kappa shape index (κ1) is 13.7. The van der Waals surface area contributed by atoms with Gasteiger partial charge in [-0.1, -0.05) is 0 Å². The molecule has 2 aliphatic rings. The highest BCUT2D eigenvalue weighted by molar-refractivity contribution is 5.82. The largest absolute Gasteiger partial charge is 0.481 e. The smallest absolute Gasteiger partial charge is 0.307 e. The highest BCUT2D eigenvalue weighted by Crippen LogP contribution is 2.63. The van der Waals surface area contributed by atoms with Gasteiger partial charge in [0.15, 0.2) is 0 Å². The molecule has 4 heteroatoms. The van der Waals surface area contributed by atoms with Crippen LogP contribution in [0.1, 0.15) is 43.6 Å². The third-order valence-corrected chi connectivity index (χ3v) is 5.65. The van der Waals surface area contributed by atoms with E-state index in [1.807, 2.05) is 6.07 Å². The van der Waals surface area contributed by atoms with E-state index in [1.165, 1.54) is 6.07 Å². The van der Waals surface area contributed by atoms with E-state index < -0.39 is 5.97 Å². The molecule has 2 aromatic rings. The zero-order valence-corrected chi connectivity index (χ0v) is 12.3. The maximum atomic E-state index is 13.6. The van der Waals surface area contributed by atoms with Crippen molar-refractivity contribution in [1.29, 1.82) is 0 Å². The Morgan fingerprint density at radius 3 is 2.73 bits per heavy atom. The Labute approximate surface area is 128 Å². The summed E-state index contributed by atoms with van der Waals surface area (Å²) in [6.45, 7) is 0. The van der Waals surface area contributed by atoms with Gasteiger partial charge >= 0.3 is 5.97 Å². The van der Waals surface area contributed by atoms with Crippen LogP contribution in [0.2, 0.25) is 0 Å². The van der Waals surface area contributed by atoms with E-state index in [2.05, 4.69) is 4.98 Å². The van der Waals surface area contributed by atoms with Crippen LogP contribution < -0.4 is 0 Å². The van der Waals surface area contributed by atoms with Crippen LogP contribution in [-0.4, -0.2) is 16.1 Å². The third-order valence-electron chi connectivity index (χ3n) is 5.65. The molecule has 2 saturated carbocycles. The quantitative estimate of drug-likeness (QED) is 0.907. The average molecular weight is 299 g/mol. The molecular formula is C18H18FNO2. The molecule has 1 spiro atoms. The summed E-state index contributed by atoms with van der Waals surface area (Å²) in [6, 6.07) is 6.72. The summed E-state index contributed by atoms with van der Waals surface area (Å²) in [6.07, 6.45) is 6.53. The second kappa shape index (κ2) is 4.77. The molecule has 3 nitrogen and oxygen atoms in total. The number of hydrogen-bond donors (Lipinski definition) is 1. The van der Waals surface area contributed by atoms with E-state index in [9.17, 15) is 14.3 Å². The molecule has 0 radical (unpaired) electrons. The van der Waals surface area contributed by atoms with Crippen molar-refractivity contribution in [3.05, 3.63) is 41.8 Å². The molecule has 0 aliphatic heterocycles. The van der Waals surface area contributed by atoms with Gasteiger partial charge in [-0.25, -0.2) is 4.39 Å². The van der Waals surface area contributed by atoms with Crippen molar-refractivity contribution >= 4 is 16.9 Å². The van der Waals surface area contributed by atoms with Crippen LogP contribution in [0.25, 0.3) is 10.9 Å². The van der Waals surface area contributed by atoms with Crippen molar-refractivity contribution in [3.8, 4) is 0 Å². The first-order valence-electron chi connectivity index (χ1n) is 7.86. The molecule has 1 aromatic carbocycles. The minimum Gasteiger partial charge on any atom is -0.481 e. The first-order chi connectivity index (χ1) is 10.6. The fourth-order valence-electron chi connectivity index (χ4n) is 4.25. The number of rotatable bonds is 2. The molecule has 0 bridgehead atoms. The van der Waals surface area contributed by atoms with Gasteiger partial charge in [-0.3, -0.25) is 9.78 Å². The van der Waals surface area contributed by atoms with Gasteiger partial charge in [-0.2, -0.15) is 0 Å². The Bertz CT molecular complexity index is 750. The predicted molar refractivity (Wildman–Crippen MR) is 81.1 cm³/mol. The van der Waals surface area contributed by atoms with Gasteiger partial charge in [0.1, 0.15) is 5.82 Å². The van der Waals surface area contributed by atoms with E-state index in [-0.39, 0.29) is 17.2 Å². The zero-order chi connectivity index (χ0) is 15.3. The monoisotopic (exact) mass is 299 g/mol. The molecule has 114 valence electrons. The lowest BCUT2D eigenvalue weighted by Crippen LogP contribution is -2.18. The molecule has 1 unspecified atom stereocenters. The summed E-state index contributed by atoms with van der Waals surface area (Å²) in [5.41, 5.74) is 2.04. The number of hydrogen-bond acceptors (Lipinski definition) is 2. The molecule has 2 aliphatic carbocycles. The Kier molecular flexibility index (Phi) is 2.96. The number of aromatic nitrogens is 1. The SMILES string of the molecule is O=C(O)C1CC12CCC(c1ccnc3ccc(F)cc13)CC2. The molecule has 1 aromatic heterocycles. The molecule has 1 atom stereocenters. The Morgan fingerprint density at radius 1 is 1.27 bits per heavy atom. The van der Waals surface area contributed by atoms with Gasteiger partial charge in [-0.15, -0.1) is 0 Å². The number of carbonyl (C=O) groups is 1. The summed E-state index contributed by atoms with van der Waals surface area (Å²) >= 11 is 0. The third kappa shape index (κ3) is 2.09. The summed E-state index contributed by atoms with van der Waals surface area (Å²) < 4.78 is 13.6. The Hall–Kier alpha value is -1.97. The van der Waals surface area contributed by atoms with Crippen LogP contribution in [0.4, 0.5) is 4.39 Å². The van der Waals surface area contributed by atoms with E-state index in [1.54, 1.807) is 18.3 Å². The van der Waals surface area contributed by atoms with Gasteiger partial charge in [0.25, 0.3) is 0 Å². The average Bonchev–Trinajstić information content (AvgIpc) is 3.22. The van der Waals surface area contributed by atoms with Gasteiger partial charge in [0.2, 0.25) is 0 Å². The van der Waals surface area contributed by atoms with E-state index in [0.717, 1.165) is 48.6 Å². The molecule has 1 heterocycles. The highest BCUT2D eigenvalue weighted by atomic mass is 19.1. The Morgan fingerprint density at radius 2 is 2.05 bits per heavy atom. The normalized spacial score (nSPS) is 30.6. The van der Waals surface area contributed by atoms with Crippen LogP contribution in [0.3, 0.4) is 0 Å². The minimum absolute atomic E-state index is 0.0520. The minimum atomic E-state index is -0.644. The maximum absolute atomic E-state index is 13.6. The van der Waals surface area contributed by atoms with Gasteiger partial charge < -0.3 is 5.11 Å². The van der Waals surface area contributed by atoms with Crippen molar-refractivity contribution in [2.75, 3.05) is 0 Å². The fraction of sp³-hybridized carbons (Fsp3) is 0.444. The van der Waals surface area contributed by atoms with Crippen LogP contribution in [-0.2, 0) is 4.79 Å². The second-order valence-corrected chi connectivity index (χ2v) is 6.79. The maximum Gasteiger partial charge on any atom is 0.307 e. The number of halogens is 1. The van der Waals surface area contributed by atoms with Gasteiger partial charge in [0.05, 0.1) is 11.4 Å². The predicted octanol–water partition coefficient (Wildman–Crippen LogP) is 4.12. The molecule has 4 rings (SSSR count). The number of nitrogens with zero attached hydrogens (tertiary/aromatic N) is 1. The first-order valence-corrected chi connectivity index (χ1v) is 7.86. The number of aliphatic carboxylic acids is 1. The number of carboxylic acids is 1. The molecule has 1 N–H and O–H groups in total. The summed E-state index contributed by atoms with van der Waals surface area (Å²) in [5.74, 6) is -0.634. The summed E-state index contributed by atoms with van der Waals surface area (Å²) in [5, 5.41) is 10.1. The van der Waals surface area contributed by atoms with E-state index >= 15 is 0 Å². The fourth-order valence-corrected chi connectivity index (χ4v) is 4.25. The van der Waals surface area contributed by atoms with Crippen LogP contribution in [0, 0.1) is 17.2 Å². The highest BCUT2D eigenvalue weighted by Gasteiger charge is 2.58. The van der Waals surface area contributed by atoms with E-state index in [4.69, 9.17) is 0 Å². The number of pyridine rings is 1. The van der Waals surface area contributed by atoms with Crippen LogP contribution in [0.15, 0.2) is 30.5 Å². The van der Waals surface area contributed by atoms with Crippen LogP contribution >= 0.6 is 0 Å². The van der Waals surface area contributed by atoms with Gasteiger partial charge in [0, 0.05) is 11.6 Å². The summed E-state index contributed by atoms with van der Waals surface area (Å²) in [7, 11) is 0. The van der Waals surface area contributed by atoms with Gasteiger partial charge in [-0.05, 0) is 73.3 Å². The molecule has 0 amide bonds. The van der Waals surface area contributed by atoms with Crippen molar-refractivity contribution in [1.82, 2.24) is 4.98 Å². The lowest BCUT2D eigenvalue weighted by Gasteiger charge is -2.30. The standard InChI is InChI=1S/C18H18FNO2/c19-12-1-2-16-14(9-12)13(5-8-20-16)11-3-6-18(7-4-11)10-15(18)17(21)22/h1-2,5,8-9,11,15H,3-4,6-7,10H2,(H,21,22). The van der Waals surface area contributed by atoms with Crippen molar-refractivity contribution in [3.63, 3.8) is 0 Å². The molecule has 2 fully saturated rings. The van der Waals surface area contributed by atoms with Crippen LogP contribution in [0.5, 0.6) is 0 Å². The lowest BCUT2D eigenvalue weighted by molar-refractivity contribution is -0.139. The van der Waals surface area contributed by atoms with Crippen molar-refractivity contribution in [2.45, 2.75) is 38.0 Å².